The van der Waals surface area contributed by atoms with E-state index in [4.69, 9.17) is 11.6 Å². The van der Waals surface area contributed by atoms with E-state index in [1.54, 1.807) is 11.3 Å². The summed E-state index contributed by atoms with van der Waals surface area (Å²) in [6.45, 7) is 0. The third-order valence-corrected chi connectivity index (χ3v) is 3.59. The van der Waals surface area contributed by atoms with E-state index >= 15 is 0 Å². The summed E-state index contributed by atoms with van der Waals surface area (Å²) in [6, 6.07) is 2.62. The maximum absolute atomic E-state index is 6.06. The molecule has 66 valence electrons. The average Bonchev–Trinajstić information content (AvgIpc) is 2.80. The molecule has 0 saturated heterocycles. The predicted molar refractivity (Wildman–Crippen MR) is 53.9 cm³/mol. The van der Waals surface area contributed by atoms with Crippen LogP contribution in [-0.2, 0) is 0 Å². The highest BCUT2D eigenvalue weighted by Crippen LogP contribution is 2.43. The number of rotatable bonds is 3. The minimum Gasteiger partial charge on any atom is -0.313 e. The Balaban J connectivity index is 2.20. The first-order valence-electron chi connectivity index (χ1n) is 4.23. The van der Waals surface area contributed by atoms with Gasteiger partial charge in [0, 0.05) is 6.04 Å². The summed E-state index contributed by atoms with van der Waals surface area (Å²) in [6.07, 6.45) is 2.69. The zero-order valence-corrected chi connectivity index (χ0v) is 8.58. The van der Waals surface area contributed by atoms with Crippen molar-refractivity contribution in [2.24, 2.45) is 5.92 Å². The lowest BCUT2D eigenvalue weighted by Crippen LogP contribution is -2.17. The summed E-state index contributed by atoms with van der Waals surface area (Å²) < 4.78 is 0.946. The standard InChI is InChI=1S/C9H12ClNS/c1-11-8(6-2-3-6)7-4-5-12-9(7)10/h4-6,8,11H,2-3H2,1H3. The van der Waals surface area contributed by atoms with Crippen molar-refractivity contribution in [1.29, 1.82) is 0 Å². The van der Waals surface area contributed by atoms with Gasteiger partial charge in [0.25, 0.3) is 0 Å². The minimum atomic E-state index is 0.490. The highest BCUT2D eigenvalue weighted by atomic mass is 35.5. The Kier molecular flexibility index (Phi) is 2.40. The first kappa shape index (κ1) is 8.54. The Morgan fingerprint density at radius 1 is 1.67 bits per heavy atom. The van der Waals surface area contributed by atoms with Gasteiger partial charge in [-0.3, -0.25) is 0 Å². The Hall–Kier alpha value is -0.0500. The number of hydrogen-bond acceptors (Lipinski definition) is 2. The average molecular weight is 202 g/mol. The summed E-state index contributed by atoms with van der Waals surface area (Å²) in [4.78, 5) is 0. The third-order valence-electron chi connectivity index (χ3n) is 2.39. The summed E-state index contributed by atoms with van der Waals surface area (Å²) in [7, 11) is 2.01. The van der Waals surface area contributed by atoms with E-state index in [0.29, 0.717) is 6.04 Å². The van der Waals surface area contributed by atoms with Crippen LogP contribution in [-0.4, -0.2) is 7.05 Å². The molecule has 12 heavy (non-hydrogen) atoms. The van der Waals surface area contributed by atoms with Crippen molar-refractivity contribution in [3.05, 3.63) is 21.3 Å². The first-order chi connectivity index (χ1) is 5.83. The highest BCUT2D eigenvalue weighted by molar-refractivity contribution is 7.14. The van der Waals surface area contributed by atoms with Crippen LogP contribution in [0.15, 0.2) is 11.4 Å². The summed E-state index contributed by atoms with van der Waals surface area (Å²) in [5.41, 5.74) is 1.28. The van der Waals surface area contributed by atoms with Gasteiger partial charge < -0.3 is 5.32 Å². The van der Waals surface area contributed by atoms with E-state index in [-0.39, 0.29) is 0 Å². The van der Waals surface area contributed by atoms with E-state index in [1.165, 1.54) is 18.4 Å². The van der Waals surface area contributed by atoms with Crippen molar-refractivity contribution < 1.29 is 0 Å². The number of halogens is 1. The number of nitrogens with one attached hydrogen (secondary N) is 1. The predicted octanol–water partition coefficient (Wildman–Crippen LogP) is 3.07. The maximum atomic E-state index is 6.06. The van der Waals surface area contributed by atoms with Crippen LogP contribution >= 0.6 is 22.9 Å². The van der Waals surface area contributed by atoms with Crippen LogP contribution in [0.25, 0.3) is 0 Å². The Morgan fingerprint density at radius 2 is 2.42 bits per heavy atom. The molecule has 1 N–H and O–H groups in total. The van der Waals surface area contributed by atoms with Crippen LogP contribution in [0.1, 0.15) is 24.4 Å². The zero-order valence-electron chi connectivity index (χ0n) is 7.01. The molecule has 3 heteroatoms. The summed E-state index contributed by atoms with van der Waals surface area (Å²) in [5, 5.41) is 5.39. The molecular weight excluding hydrogens is 190 g/mol. The number of thiophene rings is 1. The molecule has 0 amide bonds. The van der Waals surface area contributed by atoms with Crippen LogP contribution in [0.2, 0.25) is 4.34 Å². The Morgan fingerprint density at radius 3 is 2.83 bits per heavy atom. The largest absolute Gasteiger partial charge is 0.313 e. The van der Waals surface area contributed by atoms with Crippen molar-refractivity contribution in [3.63, 3.8) is 0 Å². The molecule has 1 heterocycles. The van der Waals surface area contributed by atoms with Crippen molar-refractivity contribution in [1.82, 2.24) is 5.32 Å². The molecule has 1 unspecified atom stereocenters. The summed E-state index contributed by atoms with van der Waals surface area (Å²) >= 11 is 7.68. The fourth-order valence-corrected chi connectivity index (χ4v) is 2.60. The molecule has 0 aromatic carbocycles. The topological polar surface area (TPSA) is 12.0 Å². The van der Waals surface area contributed by atoms with E-state index in [9.17, 15) is 0 Å². The van der Waals surface area contributed by atoms with Crippen LogP contribution in [0.3, 0.4) is 0 Å². The van der Waals surface area contributed by atoms with Crippen molar-refractivity contribution in [2.45, 2.75) is 18.9 Å². The van der Waals surface area contributed by atoms with Crippen LogP contribution in [0.4, 0.5) is 0 Å². The second kappa shape index (κ2) is 3.36. The minimum absolute atomic E-state index is 0.490. The molecule has 0 aliphatic heterocycles. The Bertz CT molecular complexity index is 267. The van der Waals surface area contributed by atoms with Crippen molar-refractivity contribution >= 4 is 22.9 Å². The van der Waals surface area contributed by atoms with Gasteiger partial charge in [-0.1, -0.05) is 11.6 Å². The lowest BCUT2D eigenvalue weighted by molar-refractivity contribution is 0.530. The normalized spacial score (nSPS) is 19.5. The fraction of sp³-hybridized carbons (Fsp3) is 0.556. The molecule has 0 spiro atoms. The molecule has 1 aliphatic rings. The molecule has 0 bridgehead atoms. The maximum Gasteiger partial charge on any atom is 0.0976 e. The molecular formula is C9H12ClNS. The van der Waals surface area contributed by atoms with Gasteiger partial charge in [0.1, 0.15) is 0 Å². The fourth-order valence-electron chi connectivity index (χ4n) is 1.60. The zero-order chi connectivity index (χ0) is 8.55. The van der Waals surface area contributed by atoms with Crippen molar-refractivity contribution in [3.8, 4) is 0 Å². The SMILES string of the molecule is CNC(c1ccsc1Cl)C1CC1. The van der Waals surface area contributed by atoms with E-state index in [2.05, 4.69) is 16.8 Å². The molecule has 2 rings (SSSR count). The van der Waals surface area contributed by atoms with Crippen LogP contribution in [0.5, 0.6) is 0 Å². The molecule has 1 atom stereocenters. The van der Waals surface area contributed by atoms with E-state index in [0.717, 1.165) is 10.3 Å². The lowest BCUT2D eigenvalue weighted by Gasteiger charge is -2.13. The lowest BCUT2D eigenvalue weighted by atomic mass is 10.1. The van der Waals surface area contributed by atoms with Gasteiger partial charge >= 0.3 is 0 Å². The molecule has 1 aromatic heterocycles. The first-order valence-corrected chi connectivity index (χ1v) is 5.49. The second-order valence-electron chi connectivity index (χ2n) is 3.25. The third kappa shape index (κ3) is 1.51. The van der Waals surface area contributed by atoms with Gasteiger partial charge in [-0.05, 0) is 42.8 Å². The highest BCUT2D eigenvalue weighted by Gasteiger charge is 2.32. The van der Waals surface area contributed by atoms with E-state index < -0.39 is 0 Å². The molecule has 1 fully saturated rings. The monoisotopic (exact) mass is 201 g/mol. The quantitative estimate of drug-likeness (QED) is 0.793. The van der Waals surface area contributed by atoms with Gasteiger partial charge in [-0.15, -0.1) is 11.3 Å². The molecule has 1 aromatic rings. The van der Waals surface area contributed by atoms with Crippen LogP contribution in [0, 0.1) is 5.92 Å². The van der Waals surface area contributed by atoms with Gasteiger partial charge in [0.15, 0.2) is 0 Å². The van der Waals surface area contributed by atoms with Gasteiger partial charge in [0.05, 0.1) is 4.34 Å². The van der Waals surface area contributed by atoms with Gasteiger partial charge in [-0.2, -0.15) is 0 Å². The molecule has 0 radical (unpaired) electrons. The molecule has 1 nitrogen and oxygen atoms in total. The van der Waals surface area contributed by atoms with E-state index in [1.807, 2.05) is 7.05 Å². The Labute approximate surface area is 81.7 Å². The summed E-state index contributed by atoms with van der Waals surface area (Å²) in [5.74, 6) is 0.821. The van der Waals surface area contributed by atoms with Crippen molar-refractivity contribution in [2.75, 3.05) is 7.05 Å². The smallest absolute Gasteiger partial charge is 0.0976 e. The van der Waals surface area contributed by atoms with Gasteiger partial charge in [0.2, 0.25) is 0 Å². The molecule has 1 saturated carbocycles. The number of hydrogen-bond donors (Lipinski definition) is 1. The molecule has 1 aliphatic carbocycles. The van der Waals surface area contributed by atoms with Crippen LogP contribution < -0.4 is 5.32 Å². The van der Waals surface area contributed by atoms with Gasteiger partial charge in [-0.25, -0.2) is 0 Å². The second-order valence-corrected chi connectivity index (χ2v) is 4.77.